The minimum absolute atomic E-state index is 0.567. The molecule has 0 bridgehead atoms. The standard InChI is InChI=1S/C49H29N5O2/c1-4-15-30(16-5-1)43-45-44(36-23-10-11-26-38(36)56-45)51-48(50-43)34-22-12-21-33(29-34)35-24-13-27-39-41(35)42-37(25-14-28-40(42)55-39)49-53-46(31-17-6-2-7-18-31)52-47(54-49)32-19-8-3-9-20-32/h1-29H. The Balaban J connectivity index is 1.11. The van der Waals surface area contributed by atoms with Gasteiger partial charge < -0.3 is 8.83 Å². The molecule has 4 aromatic heterocycles. The minimum Gasteiger partial charge on any atom is -0.456 e. The van der Waals surface area contributed by atoms with Gasteiger partial charge in [0.2, 0.25) is 0 Å². The third-order valence-electron chi connectivity index (χ3n) is 10.2. The SMILES string of the molecule is c1ccc(-c2nc(-c3ccccc3)nc(-c3cccc4oc5cccc(-c6cccc(-c7nc(-c8ccccc8)c8oc9ccccc9c8n7)c6)c5c34)n2)cc1. The zero-order chi connectivity index (χ0) is 37.0. The summed E-state index contributed by atoms with van der Waals surface area (Å²) in [7, 11) is 0. The van der Waals surface area contributed by atoms with Gasteiger partial charge in [0, 0.05) is 44.0 Å². The van der Waals surface area contributed by atoms with Crippen molar-refractivity contribution in [2.24, 2.45) is 0 Å². The van der Waals surface area contributed by atoms with E-state index in [9.17, 15) is 0 Å². The van der Waals surface area contributed by atoms with Gasteiger partial charge in [0.15, 0.2) is 28.9 Å². The van der Waals surface area contributed by atoms with E-state index >= 15 is 0 Å². The van der Waals surface area contributed by atoms with Crippen LogP contribution in [0.25, 0.3) is 112 Å². The molecule has 11 rings (SSSR count). The second-order valence-corrected chi connectivity index (χ2v) is 13.6. The van der Waals surface area contributed by atoms with Crippen LogP contribution in [0.2, 0.25) is 0 Å². The summed E-state index contributed by atoms with van der Waals surface area (Å²) < 4.78 is 12.9. The number of nitrogens with zero attached hydrogens (tertiary/aromatic N) is 5. The van der Waals surface area contributed by atoms with Gasteiger partial charge in [-0.25, -0.2) is 24.9 Å². The molecule has 0 N–H and O–H groups in total. The summed E-state index contributed by atoms with van der Waals surface area (Å²) >= 11 is 0. The Labute approximate surface area is 320 Å². The van der Waals surface area contributed by atoms with E-state index in [1.807, 2.05) is 127 Å². The van der Waals surface area contributed by atoms with E-state index in [0.29, 0.717) is 28.9 Å². The number of aromatic nitrogens is 5. The molecule has 0 aliphatic carbocycles. The number of hydrogen-bond acceptors (Lipinski definition) is 7. The first kappa shape index (κ1) is 31.7. The van der Waals surface area contributed by atoms with Crippen molar-refractivity contribution in [2.75, 3.05) is 0 Å². The maximum absolute atomic E-state index is 6.56. The Morgan fingerprint density at radius 3 is 1.52 bits per heavy atom. The van der Waals surface area contributed by atoms with Crippen LogP contribution < -0.4 is 0 Å². The van der Waals surface area contributed by atoms with Crippen molar-refractivity contribution in [3.63, 3.8) is 0 Å². The zero-order valence-electron chi connectivity index (χ0n) is 29.8. The second kappa shape index (κ2) is 13.0. The lowest BCUT2D eigenvalue weighted by molar-refractivity contribution is 0.667. The lowest BCUT2D eigenvalue weighted by atomic mass is 9.96. The van der Waals surface area contributed by atoms with Crippen LogP contribution in [0.5, 0.6) is 0 Å². The molecular weight excluding hydrogens is 691 g/mol. The number of benzene rings is 7. The van der Waals surface area contributed by atoms with Gasteiger partial charge >= 0.3 is 0 Å². The minimum atomic E-state index is 0.567. The molecule has 0 saturated carbocycles. The Hall–Kier alpha value is -7.77. The van der Waals surface area contributed by atoms with Crippen molar-refractivity contribution in [3.8, 4) is 67.9 Å². The van der Waals surface area contributed by atoms with Crippen molar-refractivity contribution in [1.29, 1.82) is 0 Å². The maximum atomic E-state index is 6.56. The average Bonchev–Trinajstić information content (AvgIpc) is 3.86. The van der Waals surface area contributed by atoms with Crippen molar-refractivity contribution >= 4 is 44.0 Å². The second-order valence-electron chi connectivity index (χ2n) is 13.6. The molecular formula is C49H29N5O2. The first-order valence-corrected chi connectivity index (χ1v) is 18.4. The molecule has 0 spiro atoms. The van der Waals surface area contributed by atoms with Crippen molar-refractivity contribution in [3.05, 3.63) is 176 Å². The Morgan fingerprint density at radius 1 is 0.321 bits per heavy atom. The molecule has 7 heteroatoms. The highest BCUT2D eigenvalue weighted by Crippen LogP contribution is 2.42. The van der Waals surface area contributed by atoms with Gasteiger partial charge in [-0.2, -0.15) is 0 Å². The smallest absolute Gasteiger partial charge is 0.180 e. The lowest BCUT2D eigenvalue weighted by Gasteiger charge is -2.11. The Kier molecular flexibility index (Phi) is 7.35. The van der Waals surface area contributed by atoms with Crippen molar-refractivity contribution in [2.45, 2.75) is 0 Å². The summed E-state index contributed by atoms with van der Waals surface area (Å²) in [6, 6.07) is 58.8. The third-order valence-corrected chi connectivity index (χ3v) is 10.2. The number of hydrogen-bond donors (Lipinski definition) is 0. The molecule has 0 aliphatic rings. The van der Waals surface area contributed by atoms with E-state index in [0.717, 1.165) is 83.1 Å². The van der Waals surface area contributed by atoms with Gasteiger partial charge in [0.1, 0.15) is 28.0 Å². The summed E-state index contributed by atoms with van der Waals surface area (Å²) in [6.45, 7) is 0. The average molecular weight is 720 g/mol. The van der Waals surface area contributed by atoms with Crippen molar-refractivity contribution in [1.82, 2.24) is 24.9 Å². The van der Waals surface area contributed by atoms with E-state index in [1.54, 1.807) is 0 Å². The normalized spacial score (nSPS) is 11.6. The molecule has 7 aromatic carbocycles. The van der Waals surface area contributed by atoms with E-state index in [1.165, 1.54) is 0 Å². The molecule has 0 saturated heterocycles. The molecule has 11 aromatic rings. The maximum Gasteiger partial charge on any atom is 0.180 e. The van der Waals surface area contributed by atoms with Gasteiger partial charge in [-0.3, -0.25) is 0 Å². The monoisotopic (exact) mass is 719 g/mol. The Morgan fingerprint density at radius 2 is 0.821 bits per heavy atom. The van der Waals surface area contributed by atoms with Crippen LogP contribution in [0, 0.1) is 0 Å². The fraction of sp³-hybridized carbons (Fsp3) is 0. The Bertz CT molecular complexity index is 3190. The summed E-state index contributed by atoms with van der Waals surface area (Å²) in [5, 5.41) is 2.85. The van der Waals surface area contributed by atoms with Crippen LogP contribution in [0.1, 0.15) is 0 Å². The van der Waals surface area contributed by atoms with E-state index in [4.69, 9.17) is 33.8 Å². The fourth-order valence-electron chi connectivity index (χ4n) is 7.56. The highest BCUT2D eigenvalue weighted by Gasteiger charge is 2.22. The van der Waals surface area contributed by atoms with Crippen LogP contribution in [0.4, 0.5) is 0 Å². The largest absolute Gasteiger partial charge is 0.456 e. The van der Waals surface area contributed by atoms with E-state index < -0.39 is 0 Å². The first-order valence-electron chi connectivity index (χ1n) is 18.4. The third kappa shape index (κ3) is 5.33. The van der Waals surface area contributed by atoms with Crippen LogP contribution in [-0.4, -0.2) is 24.9 Å². The molecule has 262 valence electrons. The quantitative estimate of drug-likeness (QED) is 0.169. The molecule has 56 heavy (non-hydrogen) atoms. The fourth-order valence-corrected chi connectivity index (χ4v) is 7.56. The number of para-hydroxylation sites is 1. The van der Waals surface area contributed by atoms with Gasteiger partial charge in [-0.05, 0) is 41.5 Å². The van der Waals surface area contributed by atoms with E-state index in [2.05, 4.69) is 48.5 Å². The highest BCUT2D eigenvalue weighted by molar-refractivity contribution is 6.17. The van der Waals surface area contributed by atoms with Crippen LogP contribution in [0.3, 0.4) is 0 Å². The summed E-state index contributed by atoms with van der Waals surface area (Å²) in [5.41, 5.74) is 11.0. The van der Waals surface area contributed by atoms with Crippen molar-refractivity contribution < 1.29 is 8.83 Å². The van der Waals surface area contributed by atoms with Crippen LogP contribution >= 0.6 is 0 Å². The predicted octanol–water partition coefficient (Wildman–Crippen LogP) is 12.5. The predicted molar refractivity (Wildman–Crippen MR) is 223 cm³/mol. The van der Waals surface area contributed by atoms with Gasteiger partial charge in [0.25, 0.3) is 0 Å². The molecule has 4 heterocycles. The molecule has 0 unspecified atom stereocenters. The molecule has 0 amide bonds. The molecule has 0 fully saturated rings. The van der Waals surface area contributed by atoms with Gasteiger partial charge in [-0.15, -0.1) is 0 Å². The summed E-state index contributed by atoms with van der Waals surface area (Å²) in [6.07, 6.45) is 0. The number of rotatable bonds is 6. The number of furan rings is 2. The first-order chi connectivity index (χ1) is 27.7. The van der Waals surface area contributed by atoms with Gasteiger partial charge in [0.05, 0.1) is 0 Å². The van der Waals surface area contributed by atoms with Crippen LogP contribution in [0.15, 0.2) is 185 Å². The lowest BCUT2D eigenvalue weighted by Crippen LogP contribution is -2.00. The highest BCUT2D eigenvalue weighted by atomic mass is 16.3. The van der Waals surface area contributed by atoms with Gasteiger partial charge in [-0.1, -0.05) is 146 Å². The molecule has 0 atom stereocenters. The molecule has 0 radical (unpaired) electrons. The summed E-state index contributed by atoms with van der Waals surface area (Å²) in [5.74, 6) is 2.38. The van der Waals surface area contributed by atoms with E-state index in [-0.39, 0.29) is 0 Å². The van der Waals surface area contributed by atoms with Crippen LogP contribution in [-0.2, 0) is 0 Å². The molecule has 0 aliphatic heterocycles. The number of fused-ring (bicyclic) bond motifs is 6. The molecule has 7 nitrogen and oxygen atoms in total. The topological polar surface area (TPSA) is 90.7 Å². The summed E-state index contributed by atoms with van der Waals surface area (Å²) in [4.78, 5) is 25.4. The zero-order valence-corrected chi connectivity index (χ0v) is 29.8.